The van der Waals surface area contributed by atoms with Crippen molar-refractivity contribution in [3.63, 3.8) is 0 Å². The molecule has 88 valence electrons. The molecule has 0 aromatic carbocycles. The van der Waals surface area contributed by atoms with Crippen molar-refractivity contribution in [3.05, 3.63) is 12.2 Å². The third-order valence-electron chi connectivity index (χ3n) is 2.40. The Hall–Kier alpha value is -1.92. The van der Waals surface area contributed by atoms with Gasteiger partial charge in [0.2, 0.25) is 5.82 Å². The molecular weight excluding hydrogens is 212 g/mol. The number of nitrogens with zero attached hydrogens (tertiary/aromatic N) is 2. The van der Waals surface area contributed by atoms with Gasteiger partial charge in [0, 0.05) is 0 Å². The number of carboxylic acids is 1. The van der Waals surface area contributed by atoms with Crippen molar-refractivity contribution in [2.24, 2.45) is 5.92 Å². The number of H-pyrrole nitrogens is 1. The molecule has 0 saturated carbocycles. The number of nitrogens with one attached hydrogen (secondary N) is 2. The van der Waals surface area contributed by atoms with Gasteiger partial charge in [-0.2, -0.15) is 5.10 Å². The van der Waals surface area contributed by atoms with Crippen molar-refractivity contribution in [2.75, 3.05) is 0 Å². The molecule has 1 aromatic rings. The largest absolute Gasteiger partial charge is 0.480 e. The second-order valence-electron chi connectivity index (χ2n) is 3.51. The van der Waals surface area contributed by atoms with Gasteiger partial charge in [0.25, 0.3) is 5.91 Å². The van der Waals surface area contributed by atoms with Crippen LogP contribution in [0.25, 0.3) is 0 Å². The number of aromatic amines is 1. The lowest BCUT2D eigenvalue weighted by molar-refractivity contribution is -0.140. The lowest BCUT2D eigenvalue weighted by Gasteiger charge is -2.19. The van der Waals surface area contributed by atoms with Crippen LogP contribution in [-0.2, 0) is 4.79 Å². The van der Waals surface area contributed by atoms with Crippen LogP contribution in [0.15, 0.2) is 6.33 Å². The Labute approximate surface area is 92.3 Å². The van der Waals surface area contributed by atoms with E-state index in [9.17, 15) is 9.59 Å². The van der Waals surface area contributed by atoms with Crippen molar-refractivity contribution in [3.8, 4) is 0 Å². The molecule has 1 amide bonds. The third kappa shape index (κ3) is 2.78. The molecule has 16 heavy (non-hydrogen) atoms. The lowest BCUT2D eigenvalue weighted by Crippen LogP contribution is -2.45. The standard InChI is InChI=1S/C9H14N4O3/c1-3-5(2)6(9(15)16)12-8(14)7-10-4-11-13-7/h4-6H,3H2,1-2H3,(H,12,14)(H,15,16)(H,10,11,13)/t5-,6-/m0/s1. The van der Waals surface area contributed by atoms with E-state index in [1.165, 1.54) is 6.33 Å². The van der Waals surface area contributed by atoms with E-state index in [1.807, 2.05) is 6.92 Å². The Bertz CT molecular complexity index is 363. The van der Waals surface area contributed by atoms with Crippen LogP contribution in [-0.4, -0.2) is 38.2 Å². The van der Waals surface area contributed by atoms with E-state index in [0.29, 0.717) is 6.42 Å². The highest BCUT2D eigenvalue weighted by Gasteiger charge is 2.26. The van der Waals surface area contributed by atoms with E-state index in [0.717, 1.165) is 0 Å². The minimum Gasteiger partial charge on any atom is -0.480 e. The monoisotopic (exact) mass is 226 g/mol. The first kappa shape index (κ1) is 12.2. The fourth-order valence-electron chi connectivity index (χ4n) is 1.21. The highest BCUT2D eigenvalue weighted by Crippen LogP contribution is 2.08. The van der Waals surface area contributed by atoms with Crippen molar-refractivity contribution in [1.29, 1.82) is 0 Å². The maximum Gasteiger partial charge on any atom is 0.326 e. The molecule has 0 aliphatic rings. The summed E-state index contributed by atoms with van der Waals surface area (Å²) in [5.41, 5.74) is 0. The Morgan fingerprint density at radius 3 is 2.75 bits per heavy atom. The van der Waals surface area contributed by atoms with E-state index in [4.69, 9.17) is 5.11 Å². The second-order valence-corrected chi connectivity index (χ2v) is 3.51. The molecule has 3 N–H and O–H groups in total. The fraction of sp³-hybridized carbons (Fsp3) is 0.556. The summed E-state index contributed by atoms with van der Waals surface area (Å²) in [6.07, 6.45) is 1.85. The van der Waals surface area contributed by atoms with Gasteiger partial charge in [0.15, 0.2) is 0 Å². The Kier molecular flexibility index (Phi) is 3.98. The van der Waals surface area contributed by atoms with Gasteiger partial charge in [0.05, 0.1) is 0 Å². The van der Waals surface area contributed by atoms with Gasteiger partial charge in [-0.25, -0.2) is 9.78 Å². The van der Waals surface area contributed by atoms with E-state index in [2.05, 4.69) is 20.5 Å². The van der Waals surface area contributed by atoms with Crippen LogP contribution < -0.4 is 5.32 Å². The van der Waals surface area contributed by atoms with Gasteiger partial charge in [0.1, 0.15) is 12.4 Å². The summed E-state index contributed by atoms with van der Waals surface area (Å²) in [6.45, 7) is 3.63. The van der Waals surface area contributed by atoms with Crippen LogP contribution in [0.1, 0.15) is 30.9 Å². The SMILES string of the molecule is CC[C@H](C)[C@H](NC(=O)c1ncn[nH]1)C(=O)O. The van der Waals surface area contributed by atoms with Crippen molar-refractivity contribution < 1.29 is 14.7 Å². The first-order valence-electron chi connectivity index (χ1n) is 4.95. The number of hydrogen-bond donors (Lipinski definition) is 3. The predicted molar refractivity (Wildman–Crippen MR) is 54.7 cm³/mol. The number of carbonyl (C=O) groups is 2. The van der Waals surface area contributed by atoms with Crippen molar-refractivity contribution in [1.82, 2.24) is 20.5 Å². The Morgan fingerprint density at radius 2 is 2.31 bits per heavy atom. The lowest BCUT2D eigenvalue weighted by atomic mass is 9.99. The molecule has 0 unspecified atom stereocenters. The average molecular weight is 226 g/mol. The first-order chi connectivity index (χ1) is 7.56. The molecule has 1 heterocycles. The minimum absolute atomic E-state index is 0.00885. The summed E-state index contributed by atoms with van der Waals surface area (Å²) < 4.78 is 0. The highest BCUT2D eigenvalue weighted by molar-refractivity contribution is 5.93. The maximum atomic E-state index is 11.5. The first-order valence-corrected chi connectivity index (χ1v) is 4.95. The zero-order chi connectivity index (χ0) is 12.1. The third-order valence-corrected chi connectivity index (χ3v) is 2.40. The number of rotatable bonds is 5. The van der Waals surface area contributed by atoms with Gasteiger partial charge in [-0.3, -0.25) is 9.89 Å². The topological polar surface area (TPSA) is 108 Å². The zero-order valence-electron chi connectivity index (χ0n) is 9.10. The molecule has 7 heteroatoms. The molecule has 1 aromatic heterocycles. The van der Waals surface area contributed by atoms with Gasteiger partial charge in [-0.05, 0) is 5.92 Å². The molecule has 1 rings (SSSR count). The van der Waals surface area contributed by atoms with Gasteiger partial charge < -0.3 is 10.4 Å². The highest BCUT2D eigenvalue weighted by atomic mass is 16.4. The van der Waals surface area contributed by atoms with Gasteiger partial charge in [-0.15, -0.1) is 0 Å². The molecule has 2 atom stereocenters. The van der Waals surface area contributed by atoms with Crippen molar-refractivity contribution in [2.45, 2.75) is 26.3 Å². The summed E-state index contributed by atoms with van der Waals surface area (Å²) in [5.74, 6) is -1.76. The molecule has 0 radical (unpaired) electrons. The summed E-state index contributed by atoms with van der Waals surface area (Å²) in [6, 6.07) is -0.914. The summed E-state index contributed by atoms with van der Waals surface area (Å²) in [4.78, 5) is 26.1. The van der Waals surface area contributed by atoms with Crippen molar-refractivity contribution >= 4 is 11.9 Å². The number of carbonyl (C=O) groups excluding carboxylic acids is 1. The maximum absolute atomic E-state index is 11.5. The molecule has 0 aliphatic carbocycles. The quantitative estimate of drug-likeness (QED) is 0.656. The van der Waals surface area contributed by atoms with E-state index in [-0.39, 0.29) is 11.7 Å². The van der Waals surface area contributed by atoms with Crippen LogP contribution in [0.3, 0.4) is 0 Å². The predicted octanol–water partition coefficient (Wildman–Crippen LogP) is 0.0338. The smallest absolute Gasteiger partial charge is 0.326 e. The summed E-state index contributed by atoms with van der Waals surface area (Å²) in [5, 5.41) is 17.2. The number of hydrogen-bond acceptors (Lipinski definition) is 4. The number of aromatic nitrogens is 3. The van der Waals surface area contributed by atoms with E-state index in [1.54, 1.807) is 6.92 Å². The van der Waals surface area contributed by atoms with Crippen LogP contribution in [0.4, 0.5) is 0 Å². The molecule has 7 nitrogen and oxygen atoms in total. The zero-order valence-corrected chi connectivity index (χ0v) is 9.10. The average Bonchev–Trinajstić information content (AvgIpc) is 2.77. The molecular formula is C9H14N4O3. The molecule has 0 fully saturated rings. The van der Waals surface area contributed by atoms with Gasteiger partial charge >= 0.3 is 5.97 Å². The minimum atomic E-state index is -1.05. The van der Waals surface area contributed by atoms with E-state index < -0.39 is 17.9 Å². The molecule has 0 spiro atoms. The van der Waals surface area contributed by atoms with Crippen LogP contribution in [0.5, 0.6) is 0 Å². The normalized spacial score (nSPS) is 14.1. The Morgan fingerprint density at radius 1 is 1.62 bits per heavy atom. The fourth-order valence-corrected chi connectivity index (χ4v) is 1.21. The Balaban J connectivity index is 2.69. The van der Waals surface area contributed by atoms with Gasteiger partial charge in [-0.1, -0.05) is 20.3 Å². The summed E-state index contributed by atoms with van der Waals surface area (Å²) in [7, 11) is 0. The number of carboxylic acid groups (broad SMARTS) is 1. The number of amides is 1. The molecule has 0 bridgehead atoms. The van der Waals surface area contributed by atoms with Crippen LogP contribution in [0, 0.1) is 5.92 Å². The second kappa shape index (κ2) is 5.24. The van der Waals surface area contributed by atoms with Crippen LogP contribution in [0.2, 0.25) is 0 Å². The molecule has 0 aliphatic heterocycles. The number of aliphatic carboxylic acids is 1. The summed E-state index contributed by atoms with van der Waals surface area (Å²) >= 11 is 0. The van der Waals surface area contributed by atoms with Crippen LogP contribution >= 0.6 is 0 Å². The molecule has 0 saturated heterocycles. The van der Waals surface area contributed by atoms with E-state index >= 15 is 0 Å².